The van der Waals surface area contributed by atoms with Crippen molar-refractivity contribution in [1.29, 1.82) is 0 Å². The van der Waals surface area contributed by atoms with E-state index >= 15 is 0 Å². The molecule has 0 aromatic heterocycles. The highest BCUT2D eigenvalue weighted by Crippen LogP contribution is 2.46. The first-order valence-corrected chi connectivity index (χ1v) is 5.20. The van der Waals surface area contributed by atoms with Gasteiger partial charge in [-0.2, -0.15) is 0 Å². The average molecular weight is 238 g/mol. The van der Waals surface area contributed by atoms with E-state index in [4.69, 9.17) is 18.9 Å². The molecule has 0 amide bonds. The lowest BCUT2D eigenvalue weighted by atomic mass is 10.1. The molecule has 0 bridgehead atoms. The predicted octanol–water partition coefficient (Wildman–Crippen LogP) is 2.45. The van der Waals surface area contributed by atoms with Gasteiger partial charge < -0.3 is 18.9 Å². The number of benzene rings is 1. The number of hydrogen-bond acceptors (Lipinski definition) is 4. The van der Waals surface area contributed by atoms with Gasteiger partial charge in [-0.1, -0.05) is 6.08 Å². The molecule has 17 heavy (non-hydrogen) atoms. The number of ether oxygens (including phenoxy) is 4. The van der Waals surface area contributed by atoms with Crippen LogP contribution in [0.5, 0.6) is 23.0 Å². The third kappa shape index (κ3) is 2.46. The molecular weight excluding hydrogens is 220 g/mol. The van der Waals surface area contributed by atoms with Crippen molar-refractivity contribution in [3.63, 3.8) is 0 Å². The van der Waals surface area contributed by atoms with Crippen LogP contribution in [-0.2, 0) is 6.42 Å². The van der Waals surface area contributed by atoms with Crippen LogP contribution in [0, 0.1) is 0 Å². The normalized spacial score (nSPS) is 9.65. The molecule has 0 aliphatic rings. The molecule has 0 radical (unpaired) electrons. The maximum Gasteiger partial charge on any atom is 0.207 e. The Balaban J connectivity index is 3.48. The van der Waals surface area contributed by atoms with E-state index in [1.54, 1.807) is 34.5 Å². The standard InChI is InChI=1S/C13H18O4/c1-6-7-9-8-10(14-2)12(16-4)13(17-5)11(9)15-3/h6,8H,1,7H2,2-5H3. The summed E-state index contributed by atoms with van der Waals surface area (Å²) in [5.41, 5.74) is 0.942. The summed E-state index contributed by atoms with van der Waals surface area (Å²) >= 11 is 0. The van der Waals surface area contributed by atoms with Crippen LogP contribution < -0.4 is 18.9 Å². The second kappa shape index (κ2) is 6.03. The first kappa shape index (κ1) is 13.2. The fourth-order valence-corrected chi connectivity index (χ4v) is 1.71. The highest BCUT2D eigenvalue weighted by atomic mass is 16.5. The van der Waals surface area contributed by atoms with E-state index in [1.807, 2.05) is 6.07 Å². The largest absolute Gasteiger partial charge is 0.493 e. The zero-order chi connectivity index (χ0) is 12.8. The number of allylic oxidation sites excluding steroid dienone is 1. The molecule has 0 N–H and O–H groups in total. The molecule has 1 rings (SSSR count). The third-order valence-corrected chi connectivity index (χ3v) is 2.43. The molecule has 0 aliphatic heterocycles. The van der Waals surface area contributed by atoms with Crippen LogP contribution in [0.4, 0.5) is 0 Å². The van der Waals surface area contributed by atoms with Crippen molar-refractivity contribution in [3.05, 3.63) is 24.3 Å². The maximum absolute atomic E-state index is 5.35. The van der Waals surface area contributed by atoms with Crippen LogP contribution in [0.25, 0.3) is 0 Å². The quantitative estimate of drug-likeness (QED) is 0.713. The first-order valence-electron chi connectivity index (χ1n) is 5.20. The van der Waals surface area contributed by atoms with Gasteiger partial charge in [-0.05, 0) is 12.5 Å². The van der Waals surface area contributed by atoms with Gasteiger partial charge in [0.2, 0.25) is 11.5 Å². The van der Waals surface area contributed by atoms with Crippen LogP contribution in [0.3, 0.4) is 0 Å². The van der Waals surface area contributed by atoms with Gasteiger partial charge in [0.15, 0.2) is 11.5 Å². The minimum Gasteiger partial charge on any atom is -0.493 e. The summed E-state index contributed by atoms with van der Waals surface area (Å²) in [5.74, 6) is 2.32. The SMILES string of the molecule is C=CCc1cc(OC)c(OC)c(OC)c1OC. The van der Waals surface area contributed by atoms with Crippen molar-refractivity contribution in [2.45, 2.75) is 6.42 Å². The number of hydrogen-bond donors (Lipinski definition) is 0. The van der Waals surface area contributed by atoms with Crippen molar-refractivity contribution < 1.29 is 18.9 Å². The fraction of sp³-hybridized carbons (Fsp3) is 0.385. The van der Waals surface area contributed by atoms with Gasteiger partial charge in [-0.3, -0.25) is 0 Å². The molecule has 0 unspecified atom stereocenters. The fourth-order valence-electron chi connectivity index (χ4n) is 1.71. The second-order valence-electron chi connectivity index (χ2n) is 3.33. The lowest BCUT2D eigenvalue weighted by Crippen LogP contribution is -2.01. The van der Waals surface area contributed by atoms with E-state index in [1.165, 1.54) is 0 Å². The molecular formula is C13H18O4. The van der Waals surface area contributed by atoms with Crippen molar-refractivity contribution in [3.8, 4) is 23.0 Å². The van der Waals surface area contributed by atoms with Crippen molar-refractivity contribution >= 4 is 0 Å². The van der Waals surface area contributed by atoms with E-state index in [-0.39, 0.29) is 0 Å². The Labute approximate surface area is 102 Å². The van der Waals surface area contributed by atoms with Gasteiger partial charge in [-0.15, -0.1) is 6.58 Å². The van der Waals surface area contributed by atoms with E-state index in [2.05, 4.69) is 6.58 Å². The predicted molar refractivity (Wildman–Crippen MR) is 66.6 cm³/mol. The number of rotatable bonds is 6. The van der Waals surface area contributed by atoms with Crippen LogP contribution in [0.15, 0.2) is 18.7 Å². The maximum atomic E-state index is 5.35. The Hall–Kier alpha value is -1.84. The summed E-state index contributed by atoms with van der Waals surface area (Å²) in [4.78, 5) is 0. The topological polar surface area (TPSA) is 36.9 Å². The van der Waals surface area contributed by atoms with Crippen molar-refractivity contribution in [1.82, 2.24) is 0 Å². The van der Waals surface area contributed by atoms with Crippen LogP contribution in [0.2, 0.25) is 0 Å². The smallest absolute Gasteiger partial charge is 0.207 e. The van der Waals surface area contributed by atoms with Gasteiger partial charge in [-0.25, -0.2) is 0 Å². The average Bonchev–Trinajstić information content (AvgIpc) is 2.37. The summed E-state index contributed by atoms with van der Waals surface area (Å²) in [5, 5.41) is 0. The molecule has 0 atom stereocenters. The molecule has 1 aromatic rings. The Bertz CT molecular complexity index is 399. The zero-order valence-electron chi connectivity index (χ0n) is 10.7. The summed E-state index contributed by atoms with van der Waals surface area (Å²) in [6, 6.07) is 1.86. The molecule has 0 heterocycles. The first-order chi connectivity index (χ1) is 8.23. The lowest BCUT2D eigenvalue weighted by molar-refractivity contribution is 0.304. The van der Waals surface area contributed by atoms with Crippen LogP contribution >= 0.6 is 0 Å². The number of methoxy groups -OCH3 is 4. The van der Waals surface area contributed by atoms with Crippen LogP contribution in [0.1, 0.15) is 5.56 Å². The van der Waals surface area contributed by atoms with E-state index in [9.17, 15) is 0 Å². The minimum atomic E-state index is 0.527. The van der Waals surface area contributed by atoms with Crippen LogP contribution in [-0.4, -0.2) is 28.4 Å². The minimum absolute atomic E-state index is 0.527. The van der Waals surface area contributed by atoms with E-state index < -0.39 is 0 Å². The Morgan fingerprint density at radius 2 is 1.53 bits per heavy atom. The van der Waals surface area contributed by atoms with Gasteiger partial charge in [0, 0.05) is 5.56 Å². The monoisotopic (exact) mass is 238 g/mol. The summed E-state index contributed by atoms with van der Waals surface area (Å²) in [6.45, 7) is 3.72. The zero-order valence-corrected chi connectivity index (χ0v) is 10.7. The molecule has 4 heteroatoms. The van der Waals surface area contributed by atoms with E-state index in [0.29, 0.717) is 29.4 Å². The molecule has 0 spiro atoms. The lowest BCUT2D eigenvalue weighted by Gasteiger charge is -2.17. The summed E-state index contributed by atoms with van der Waals surface area (Å²) < 4.78 is 21.2. The molecule has 94 valence electrons. The highest BCUT2D eigenvalue weighted by Gasteiger charge is 2.20. The summed E-state index contributed by atoms with van der Waals surface area (Å²) in [7, 11) is 6.31. The Morgan fingerprint density at radius 1 is 0.941 bits per heavy atom. The molecule has 0 fully saturated rings. The van der Waals surface area contributed by atoms with Gasteiger partial charge in [0.1, 0.15) is 0 Å². The Kier molecular flexibility index (Phi) is 4.69. The molecule has 0 saturated heterocycles. The van der Waals surface area contributed by atoms with Gasteiger partial charge >= 0.3 is 0 Å². The Morgan fingerprint density at radius 3 is 1.94 bits per heavy atom. The third-order valence-electron chi connectivity index (χ3n) is 2.43. The molecule has 4 nitrogen and oxygen atoms in total. The van der Waals surface area contributed by atoms with E-state index in [0.717, 1.165) is 5.56 Å². The van der Waals surface area contributed by atoms with Crippen molar-refractivity contribution in [2.75, 3.05) is 28.4 Å². The molecule has 0 saturated carbocycles. The molecule has 0 aliphatic carbocycles. The molecule has 1 aromatic carbocycles. The van der Waals surface area contributed by atoms with Gasteiger partial charge in [0.25, 0.3) is 0 Å². The second-order valence-corrected chi connectivity index (χ2v) is 3.33. The highest BCUT2D eigenvalue weighted by molar-refractivity contribution is 5.63. The van der Waals surface area contributed by atoms with Gasteiger partial charge in [0.05, 0.1) is 28.4 Å². The van der Waals surface area contributed by atoms with Crippen molar-refractivity contribution in [2.24, 2.45) is 0 Å². The summed E-state index contributed by atoms with van der Waals surface area (Å²) in [6.07, 6.45) is 2.46.